The van der Waals surface area contributed by atoms with Gasteiger partial charge in [0.05, 0.1) is 5.56 Å². The summed E-state index contributed by atoms with van der Waals surface area (Å²) in [7, 11) is 0. The van der Waals surface area contributed by atoms with Crippen LogP contribution < -0.4 is 0 Å². The fraction of sp³-hybridized carbons (Fsp3) is 0.357. The van der Waals surface area contributed by atoms with Crippen LogP contribution in [0.25, 0.3) is 11.1 Å². The first-order valence-electron chi connectivity index (χ1n) is 12.4. The quantitative estimate of drug-likeness (QED) is 0.413. The van der Waals surface area contributed by atoms with Crippen molar-refractivity contribution in [1.82, 2.24) is 14.9 Å². The first-order chi connectivity index (χ1) is 17.8. The summed E-state index contributed by atoms with van der Waals surface area (Å²) < 4.78 is 44.1. The highest BCUT2D eigenvalue weighted by Crippen LogP contribution is 2.45. The number of Topliss-reactive ketones (excluding diaryl/α,β-unsaturated/α-hetero) is 1. The monoisotopic (exact) mass is 507 g/mol. The van der Waals surface area contributed by atoms with Gasteiger partial charge in [-0.2, -0.15) is 13.2 Å². The minimum atomic E-state index is -4.66. The van der Waals surface area contributed by atoms with Crippen LogP contribution in [0.2, 0.25) is 0 Å². The molecule has 6 nitrogen and oxygen atoms in total. The van der Waals surface area contributed by atoms with Crippen LogP contribution >= 0.6 is 0 Å². The topological polar surface area (TPSA) is 72.4 Å². The number of alkyl halides is 3. The van der Waals surface area contributed by atoms with Crippen LogP contribution in [0.5, 0.6) is 0 Å². The average molecular weight is 508 g/mol. The molecule has 9 heteroatoms. The second-order valence-electron chi connectivity index (χ2n) is 9.92. The highest BCUT2D eigenvalue weighted by molar-refractivity contribution is 5.97. The highest BCUT2D eigenvalue weighted by Gasteiger charge is 2.46. The smallest absolute Gasteiger partial charge is 0.448 e. The number of halogens is 3. The lowest BCUT2D eigenvalue weighted by Gasteiger charge is -2.37. The Kier molecular flexibility index (Phi) is 5.73. The molecule has 1 aromatic heterocycles. The molecule has 2 bridgehead atoms. The molecule has 37 heavy (non-hydrogen) atoms. The van der Waals surface area contributed by atoms with E-state index in [0.717, 1.165) is 47.5 Å². The molecular formula is C28H24F3N3O3. The molecule has 2 unspecified atom stereocenters. The molecule has 0 saturated carbocycles. The number of fused-ring (bicyclic) bond motifs is 5. The Bertz CT molecular complexity index is 1300. The summed E-state index contributed by atoms with van der Waals surface area (Å²) in [5.74, 6) is -1.98. The van der Waals surface area contributed by atoms with Crippen molar-refractivity contribution in [3.8, 4) is 11.1 Å². The molecule has 2 fully saturated rings. The van der Waals surface area contributed by atoms with Gasteiger partial charge in [-0.25, -0.2) is 14.8 Å². The lowest BCUT2D eigenvalue weighted by atomic mass is 9.85. The van der Waals surface area contributed by atoms with Gasteiger partial charge in [0.2, 0.25) is 5.82 Å². The molecular weight excluding hydrogens is 483 g/mol. The second-order valence-corrected chi connectivity index (χ2v) is 9.92. The van der Waals surface area contributed by atoms with Crippen molar-refractivity contribution in [3.05, 3.63) is 83.4 Å². The second kappa shape index (κ2) is 8.97. The number of aromatic nitrogens is 2. The van der Waals surface area contributed by atoms with E-state index in [1.165, 1.54) is 0 Å². The molecule has 3 heterocycles. The summed E-state index contributed by atoms with van der Waals surface area (Å²) in [5.41, 5.74) is 4.66. The Morgan fingerprint density at radius 1 is 0.892 bits per heavy atom. The number of ketones is 1. The Labute approximate surface area is 211 Å². The number of rotatable bonds is 4. The van der Waals surface area contributed by atoms with Gasteiger partial charge in [-0.05, 0) is 47.9 Å². The summed E-state index contributed by atoms with van der Waals surface area (Å²) in [6.45, 7) is 0.230. The Balaban J connectivity index is 1.12. The van der Waals surface area contributed by atoms with Crippen molar-refractivity contribution in [1.29, 1.82) is 0 Å². The zero-order valence-electron chi connectivity index (χ0n) is 19.8. The van der Waals surface area contributed by atoms with Crippen molar-refractivity contribution >= 4 is 11.9 Å². The summed E-state index contributed by atoms with van der Waals surface area (Å²) in [4.78, 5) is 34.6. The van der Waals surface area contributed by atoms with Gasteiger partial charge in [-0.15, -0.1) is 0 Å². The summed E-state index contributed by atoms with van der Waals surface area (Å²) >= 11 is 0. The van der Waals surface area contributed by atoms with Crippen LogP contribution in [0, 0.1) is 5.92 Å². The van der Waals surface area contributed by atoms with Gasteiger partial charge in [-0.3, -0.25) is 4.79 Å². The highest BCUT2D eigenvalue weighted by atomic mass is 19.4. The first-order valence-corrected chi connectivity index (χ1v) is 12.4. The third-order valence-electron chi connectivity index (χ3n) is 7.84. The van der Waals surface area contributed by atoms with Crippen molar-refractivity contribution in [2.24, 2.45) is 5.92 Å². The molecule has 3 aromatic rings. The standard InChI is InChI=1S/C28H24F3N3O3/c29-28(30,31)26-32-13-17(14-33-26)25(35)16-11-18-9-10-19(12-16)34(18)27(36)37-15-24-22-7-3-1-5-20(22)21-6-2-4-8-23(21)24/h1-8,13-14,16,18-19,24H,9-12,15H2. The summed E-state index contributed by atoms with van der Waals surface area (Å²) in [5, 5.41) is 0. The van der Waals surface area contributed by atoms with Crippen LogP contribution in [0.3, 0.4) is 0 Å². The molecule has 0 spiro atoms. The van der Waals surface area contributed by atoms with Crippen molar-refractivity contribution in [2.75, 3.05) is 6.61 Å². The molecule has 190 valence electrons. The van der Waals surface area contributed by atoms with E-state index in [9.17, 15) is 22.8 Å². The number of piperidine rings is 1. The third-order valence-corrected chi connectivity index (χ3v) is 7.84. The predicted octanol–water partition coefficient (Wildman–Crippen LogP) is 5.87. The molecule has 2 saturated heterocycles. The van der Waals surface area contributed by atoms with Gasteiger partial charge in [0.1, 0.15) is 6.61 Å². The Morgan fingerprint density at radius 3 is 1.97 bits per heavy atom. The number of nitrogens with zero attached hydrogens (tertiary/aromatic N) is 3. The molecule has 6 rings (SSSR count). The number of benzene rings is 2. The molecule has 1 amide bonds. The van der Waals surface area contributed by atoms with Gasteiger partial charge in [0.15, 0.2) is 5.78 Å². The van der Waals surface area contributed by atoms with E-state index in [4.69, 9.17) is 4.74 Å². The van der Waals surface area contributed by atoms with E-state index in [2.05, 4.69) is 34.2 Å². The van der Waals surface area contributed by atoms with Crippen molar-refractivity contribution in [2.45, 2.75) is 49.9 Å². The van der Waals surface area contributed by atoms with Crippen LogP contribution in [0.15, 0.2) is 60.9 Å². The maximum absolute atomic E-state index is 13.2. The van der Waals surface area contributed by atoms with Crippen molar-refractivity contribution < 1.29 is 27.5 Å². The van der Waals surface area contributed by atoms with E-state index in [1.807, 2.05) is 24.3 Å². The molecule has 2 aromatic carbocycles. The van der Waals surface area contributed by atoms with Gasteiger partial charge >= 0.3 is 12.3 Å². The molecule has 3 aliphatic rings. The molecule has 2 aliphatic heterocycles. The number of carbonyl (C=O) groups is 2. The van der Waals surface area contributed by atoms with E-state index < -0.39 is 17.9 Å². The zero-order valence-corrected chi connectivity index (χ0v) is 19.8. The van der Waals surface area contributed by atoms with Crippen LogP contribution in [-0.4, -0.2) is 45.4 Å². The number of amides is 1. The van der Waals surface area contributed by atoms with Crippen LogP contribution in [-0.2, 0) is 10.9 Å². The maximum Gasteiger partial charge on any atom is 0.451 e. The van der Waals surface area contributed by atoms with E-state index >= 15 is 0 Å². The predicted molar refractivity (Wildman–Crippen MR) is 128 cm³/mol. The number of carbonyl (C=O) groups excluding carboxylic acids is 2. The number of hydrogen-bond acceptors (Lipinski definition) is 5. The fourth-order valence-corrected chi connectivity index (χ4v) is 6.20. The first kappa shape index (κ1) is 23.6. The molecule has 0 radical (unpaired) electrons. The van der Waals surface area contributed by atoms with E-state index in [-0.39, 0.29) is 42.0 Å². The van der Waals surface area contributed by atoms with Gasteiger partial charge in [0.25, 0.3) is 0 Å². The van der Waals surface area contributed by atoms with Gasteiger partial charge in [-0.1, -0.05) is 48.5 Å². The minimum absolute atomic E-state index is 0.0345. The lowest BCUT2D eigenvalue weighted by Crippen LogP contribution is -2.48. The Hall–Kier alpha value is -3.75. The van der Waals surface area contributed by atoms with Crippen LogP contribution in [0.4, 0.5) is 18.0 Å². The zero-order chi connectivity index (χ0) is 25.7. The van der Waals surface area contributed by atoms with E-state index in [1.54, 1.807) is 4.90 Å². The third kappa shape index (κ3) is 4.16. The SMILES string of the molecule is O=C(c1cnc(C(F)(F)F)nc1)C1CC2CCC(C1)N2C(=O)OCC1c2ccccc2-c2ccccc21. The molecule has 1 aliphatic carbocycles. The maximum atomic E-state index is 13.2. The van der Waals surface area contributed by atoms with Crippen LogP contribution in [0.1, 0.15) is 58.9 Å². The van der Waals surface area contributed by atoms with Gasteiger partial charge < -0.3 is 9.64 Å². The van der Waals surface area contributed by atoms with Gasteiger partial charge in [0, 0.05) is 36.3 Å². The number of hydrogen-bond donors (Lipinski definition) is 0. The van der Waals surface area contributed by atoms with Crippen molar-refractivity contribution in [3.63, 3.8) is 0 Å². The normalized spacial score (nSPS) is 22.5. The molecule has 2 atom stereocenters. The fourth-order valence-electron chi connectivity index (χ4n) is 6.20. The summed E-state index contributed by atoms with van der Waals surface area (Å²) in [6.07, 6.45) is -0.728. The Morgan fingerprint density at radius 2 is 1.43 bits per heavy atom. The largest absolute Gasteiger partial charge is 0.451 e. The molecule has 0 N–H and O–H groups in total. The van der Waals surface area contributed by atoms with E-state index in [0.29, 0.717) is 12.8 Å². The lowest BCUT2D eigenvalue weighted by molar-refractivity contribution is -0.145. The number of ether oxygens (including phenoxy) is 1. The summed E-state index contributed by atoms with van der Waals surface area (Å²) in [6, 6.07) is 16.0. The minimum Gasteiger partial charge on any atom is -0.448 e. The average Bonchev–Trinajstić information content (AvgIpc) is 3.37.